The molecule has 0 bridgehead atoms. The average Bonchev–Trinajstić information content (AvgIpc) is 1.88. The van der Waals surface area contributed by atoms with Crippen LogP contribution in [-0.2, 0) is 4.94 Å². The lowest BCUT2D eigenvalue weighted by molar-refractivity contribution is -0.132. The monoisotopic (exact) mass is 122 g/mol. The quantitative estimate of drug-likeness (QED) is 0.523. The summed E-state index contributed by atoms with van der Waals surface area (Å²) in [5.41, 5.74) is 0. The standard InChI is InChI=1S/C4H9FO.C2H6/c1-2-3-4-6-5;1-2/h2-4H2,1H3;1-2H3. The molecule has 0 aliphatic heterocycles. The van der Waals surface area contributed by atoms with E-state index >= 15 is 0 Å². The van der Waals surface area contributed by atoms with Crippen LogP contribution in [0.2, 0.25) is 0 Å². The first kappa shape index (κ1) is 10.8. The van der Waals surface area contributed by atoms with Crippen LogP contribution in [-0.4, -0.2) is 6.61 Å². The summed E-state index contributed by atoms with van der Waals surface area (Å²) in [4.78, 5) is 3.28. The molecule has 2 heteroatoms. The van der Waals surface area contributed by atoms with E-state index in [1.807, 2.05) is 20.8 Å². The van der Waals surface area contributed by atoms with Gasteiger partial charge in [-0.3, -0.25) is 0 Å². The zero-order chi connectivity index (χ0) is 6.83. The van der Waals surface area contributed by atoms with E-state index in [2.05, 4.69) is 4.94 Å². The minimum absolute atomic E-state index is 0.247. The maximum atomic E-state index is 10.7. The Morgan fingerprint density at radius 2 is 1.88 bits per heavy atom. The summed E-state index contributed by atoms with van der Waals surface area (Å²) < 4.78 is 10.7. The van der Waals surface area contributed by atoms with E-state index in [0.717, 1.165) is 12.8 Å². The molecule has 0 spiro atoms. The summed E-state index contributed by atoms with van der Waals surface area (Å²) in [5.74, 6) is 0. The second-order valence-electron chi connectivity index (χ2n) is 1.17. The second-order valence-corrected chi connectivity index (χ2v) is 1.17. The number of unbranched alkanes of at least 4 members (excludes halogenated alkanes) is 1. The Hall–Kier alpha value is -0.110. The highest BCUT2D eigenvalue weighted by molar-refractivity contribution is 4.24. The fraction of sp³-hybridized carbons (Fsp3) is 1.00. The van der Waals surface area contributed by atoms with Gasteiger partial charge in [-0.05, 0) is 10.9 Å². The molecular formula is C6H15FO. The van der Waals surface area contributed by atoms with E-state index in [1.54, 1.807) is 0 Å². The van der Waals surface area contributed by atoms with Crippen molar-refractivity contribution >= 4 is 0 Å². The smallest absolute Gasteiger partial charge is 0.0876 e. The molecule has 0 aromatic carbocycles. The van der Waals surface area contributed by atoms with E-state index in [4.69, 9.17) is 0 Å². The van der Waals surface area contributed by atoms with Crippen molar-refractivity contribution in [1.82, 2.24) is 0 Å². The fourth-order valence-electron chi connectivity index (χ4n) is 0.199. The molecule has 0 aromatic heterocycles. The Morgan fingerprint density at radius 1 is 1.38 bits per heavy atom. The van der Waals surface area contributed by atoms with Gasteiger partial charge in [-0.25, -0.2) is 0 Å². The number of rotatable bonds is 3. The molecule has 8 heavy (non-hydrogen) atoms. The van der Waals surface area contributed by atoms with Crippen molar-refractivity contribution in [2.75, 3.05) is 6.61 Å². The van der Waals surface area contributed by atoms with Gasteiger partial charge >= 0.3 is 0 Å². The van der Waals surface area contributed by atoms with E-state index in [-0.39, 0.29) is 6.61 Å². The summed E-state index contributed by atoms with van der Waals surface area (Å²) in [6.07, 6.45) is 1.81. The number of hydrogen-bond acceptors (Lipinski definition) is 1. The van der Waals surface area contributed by atoms with Crippen molar-refractivity contribution < 1.29 is 9.47 Å². The molecule has 0 saturated heterocycles. The molecule has 0 unspecified atom stereocenters. The number of halogens is 1. The normalized spacial score (nSPS) is 7.50. The van der Waals surface area contributed by atoms with Crippen LogP contribution in [0.5, 0.6) is 0 Å². The van der Waals surface area contributed by atoms with Gasteiger partial charge < -0.3 is 0 Å². The molecule has 0 rings (SSSR count). The summed E-state index contributed by atoms with van der Waals surface area (Å²) in [6.45, 7) is 6.23. The van der Waals surface area contributed by atoms with Gasteiger partial charge in [0.05, 0.1) is 6.61 Å². The van der Waals surface area contributed by atoms with Crippen molar-refractivity contribution in [2.24, 2.45) is 0 Å². The summed E-state index contributed by atoms with van der Waals surface area (Å²) in [6, 6.07) is 0. The fourth-order valence-corrected chi connectivity index (χ4v) is 0.199. The van der Waals surface area contributed by atoms with Gasteiger partial charge in [0.25, 0.3) is 0 Å². The van der Waals surface area contributed by atoms with Crippen LogP contribution in [0.25, 0.3) is 0 Å². The van der Waals surface area contributed by atoms with Crippen molar-refractivity contribution in [3.8, 4) is 0 Å². The van der Waals surface area contributed by atoms with Crippen molar-refractivity contribution in [2.45, 2.75) is 33.6 Å². The van der Waals surface area contributed by atoms with Crippen LogP contribution in [0.1, 0.15) is 33.6 Å². The molecule has 0 amide bonds. The molecule has 0 fully saturated rings. The van der Waals surface area contributed by atoms with Gasteiger partial charge in [0.1, 0.15) is 0 Å². The van der Waals surface area contributed by atoms with Gasteiger partial charge in [-0.1, -0.05) is 27.2 Å². The van der Waals surface area contributed by atoms with E-state index < -0.39 is 0 Å². The minimum Gasteiger partial charge on any atom is -0.194 e. The summed E-state index contributed by atoms with van der Waals surface area (Å²) in [7, 11) is 0. The third kappa shape index (κ3) is 16.9. The van der Waals surface area contributed by atoms with Crippen LogP contribution in [0.15, 0.2) is 0 Å². The molecule has 1 nitrogen and oxygen atoms in total. The van der Waals surface area contributed by atoms with Crippen LogP contribution in [0, 0.1) is 0 Å². The van der Waals surface area contributed by atoms with E-state index in [0.29, 0.717) is 0 Å². The Labute approximate surface area is 50.7 Å². The van der Waals surface area contributed by atoms with E-state index in [1.165, 1.54) is 0 Å². The van der Waals surface area contributed by atoms with Crippen LogP contribution in [0.3, 0.4) is 0 Å². The van der Waals surface area contributed by atoms with Crippen LogP contribution >= 0.6 is 0 Å². The Bertz CT molecular complexity index is 20.5. The Morgan fingerprint density at radius 3 is 2.00 bits per heavy atom. The molecule has 0 aliphatic carbocycles. The van der Waals surface area contributed by atoms with Crippen molar-refractivity contribution in [1.29, 1.82) is 0 Å². The Kier molecular flexibility index (Phi) is 21.3. The molecule has 0 N–H and O–H groups in total. The lowest BCUT2D eigenvalue weighted by Gasteiger charge is -1.84. The maximum absolute atomic E-state index is 10.7. The SMILES string of the molecule is CC.CCCCOF. The lowest BCUT2D eigenvalue weighted by atomic mass is 10.4. The minimum atomic E-state index is 0.247. The summed E-state index contributed by atoms with van der Waals surface area (Å²) >= 11 is 0. The predicted octanol–water partition coefficient (Wildman–Crippen LogP) is 2.71. The molecule has 0 radical (unpaired) electrons. The van der Waals surface area contributed by atoms with Crippen LogP contribution in [0.4, 0.5) is 4.53 Å². The maximum Gasteiger partial charge on any atom is 0.0876 e. The van der Waals surface area contributed by atoms with Crippen molar-refractivity contribution in [3.05, 3.63) is 0 Å². The third-order valence-electron chi connectivity index (χ3n) is 0.575. The van der Waals surface area contributed by atoms with Crippen molar-refractivity contribution in [3.63, 3.8) is 0 Å². The topological polar surface area (TPSA) is 9.23 Å². The molecule has 0 atom stereocenters. The molecule has 0 saturated carbocycles. The molecule has 0 aliphatic rings. The second kappa shape index (κ2) is 15.8. The first-order chi connectivity index (χ1) is 3.91. The summed E-state index contributed by atoms with van der Waals surface area (Å²) in [5, 5.41) is 0. The largest absolute Gasteiger partial charge is 0.194 e. The van der Waals surface area contributed by atoms with Gasteiger partial charge in [-0.2, -0.15) is 4.94 Å². The lowest BCUT2D eigenvalue weighted by Crippen LogP contribution is -1.79. The van der Waals surface area contributed by atoms with Gasteiger partial charge in [0.2, 0.25) is 0 Å². The number of hydrogen-bond donors (Lipinski definition) is 0. The first-order valence-corrected chi connectivity index (χ1v) is 3.15. The Balaban J connectivity index is 0. The molecular weight excluding hydrogens is 107 g/mol. The molecule has 52 valence electrons. The molecule has 0 aromatic rings. The highest BCUT2D eigenvalue weighted by atomic mass is 19.3. The highest BCUT2D eigenvalue weighted by Gasteiger charge is 1.78. The zero-order valence-corrected chi connectivity index (χ0v) is 5.91. The van der Waals surface area contributed by atoms with E-state index in [9.17, 15) is 4.53 Å². The zero-order valence-electron chi connectivity index (χ0n) is 5.91. The van der Waals surface area contributed by atoms with Gasteiger partial charge in [0, 0.05) is 0 Å². The van der Waals surface area contributed by atoms with Crippen LogP contribution < -0.4 is 0 Å². The third-order valence-corrected chi connectivity index (χ3v) is 0.575. The van der Waals surface area contributed by atoms with Gasteiger partial charge in [-0.15, -0.1) is 0 Å². The average molecular weight is 122 g/mol. The highest BCUT2D eigenvalue weighted by Crippen LogP contribution is 1.85. The first-order valence-electron chi connectivity index (χ1n) is 3.15. The van der Waals surface area contributed by atoms with Gasteiger partial charge in [0.15, 0.2) is 0 Å². The molecule has 0 heterocycles. The predicted molar refractivity (Wildman–Crippen MR) is 33.3 cm³/mol.